The monoisotopic (exact) mass is 399 g/mol. The van der Waals surface area contributed by atoms with E-state index in [2.05, 4.69) is 20.2 Å². The smallest absolute Gasteiger partial charge is 0.271 e. The lowest BCUT2D eigenvalue weighted by molar-refractivity contribution is -0.137. The SMILES string of the molecule is Cc1cnc(C(=O)N[C@@H]2CCC[C@@H]2C(=O)N2CCC(N3CCCCC3)CC2)cn1. The van der Waals surface area contributed by atoms with Gasteiger partial charge >= 0.3 is 0 Å². The molecular weight excluding hydrogens is 366 g/mol. The van der Waals surface area contributed by atoms with Gasteiger partial charge in [-0.1, -0.05) is 12.8 Å². The predicted molar refractivity (Wildman–Crippen MR) is 110 cm³/mol. The van der Waals surface area contributed by atoms with Crippen molar-refractivity contribution >= 4 is 11.8 Å². The molecule has 1 N–H and O–H groups in total. The molecule has 1 aromatic rings. The van der Waals surface area contributed by atoms with E-state index in [1.165, 1.54) is 38.5 Å². The Balaban J connectivity index is 1.31. The normalized spacial score (nSPS) is 26.4. The fourth-order valence-electron chi connectivity index (χ4n) is 5.15. The second kappa shape index (κ2) is 9.20. The van der Waals surface area contributed by atoms with Crippen molar-refractivity contribution in [3.05, 3.63) is 23.8 Å². The minimum absolute atomic E-state index is 0.0991. The van der Waals surface area contributed by atoms with E-state index in [1.54, 1.807) is 6.20 Å². The second-order valence-electron chi connectivity index (χ2n) is 8.81. The van der Waals surface area contributed by atoms with Crippen LogP contribution >= 0.6 is 0 Å². The minimum Gasteiger partial charge on any atom is -0.347 e. The highest BCUT2D eigenvalue weighted by atomic mass is 16.2. The molecule has 2 aliphatic heterocycles. The third-order valence-electron chi connectivity index (χ3n) is 6.85. The van der Waals surface area contributed by atoms with E-state index in [0.717, 1.165) is 50.9 Å². The molecule has 0 aromatic carbocycles. The number of piperidine rings is 2. The molecule has 0 unspecified atom stereocenters. The zero-order valence-electron chi connectivity index (χ0n) is 17.5. The van der Waals surface area contributed by atoms with E-state index in [0.29, 0.717) is 11.7 Å². The van der Waals surface area contributed by atoms with Gasteiger partial charge in [-0.3, -0.25) is 14.6 Å². The van der Waals surface area contributed by atoms with Gasteiger partial charge in [-0.15, -0.1) is 0 Å². The molecule has 158 valence electrons. The van der Waals surface area contributed by atoms with Crippen molar-refractivity contribution in [2.75, 3.05) is 26.2 Å². The number of hydrogen-bond donors (Lipinski definition) is 1. The summed E-state index contributed by atoms with van der Waals surface area (Å²) in [4.78, 5) is 38.7. The third-order valence-corrected chi connectivity index (χ3v) is 6.85. The Labute approximate surface area is 173 Å². The molecule has 1 aromatic heterocycles. The molecule has 2 amide bonds. The Kier molecular flexibility index (Phi) is 6.43. The maximum absolute atomic E-state index is 13.2. The largest absolute Gasteiger partial charge is 0.347 e. The number of amides is 2. The van der Waals surface area contributed by atoms with Crippen molar-refractivity contribution < 1.29 is 9.59 Å². The second-order valence-corrected chi connectivity index (χ2v) is 8.81. The molecular formula is C22H33N5O2. The number of carbonyl (C=O) groups is 2. The Morgan fingerprint density at radius 2 is 1.69 bits per heavy atom. The number of carbonyl (C=O) groups excluding carboxylic acids is 2. The van der Waals surface area contributed by atoms with Crippen LogP contribution in [0.5, 0.6) is 0 Å². The van der Waals surface area contributed by atoms with Gasteiger partial charge in [0.05, 0.1) is 17.8 Å². The fraction of sp³-hybridized carbons (Fsp3) is 0.727. The average molecular weight is 400 g/mol. The van der Waals surface area contributed by atoms with Gasteiger partial charge in [0.25, 0.3) is 5.91 Å². The number of hydrogen-bond acceptors (Lipinski definition) is 5. The highest BCUT2D eigenvalue weighted by Crippen LogP contribution is 2.29. The van der Waals surface area contributed by atoms with Gasteiger partial charge in [0.2, 0.25) is 5.91 Å². The van der Waals surface area contributed by atoms with Gasteiger partial charge < -0.3 is 15.1 Å². The minimum atomic E-state index is -0.231. The van der Waals surface area contributed by atoms with E-state index in [-0.39, 0.29) is 23.8 Å². The summed E-state index contributed by atoms with van der Waals surface area (Å²) >= 11 is 0. The molecule has 7 nitrogen and oxygen atoms in total. The third kappa shape index (κ3) is 4.77. The molecule has 0 spiro atoms. The van der Waals surface area contributed by atoms with Crippen molar-refractivity contribution in [1.82, 2.24) is 25.1 Å². The summed E-state index contributed by atoms with van der Waals surface area (Å²) in [5.74, 6) is -0.116. The molecule has 1 aliphatic carbocycles. The van der Waals surface area contributed by atoms with E-state index in [4.69, 9.17) is 0 Å². The first-order valence-electron chi connectivity index (χ1n) is 11.2. The lowest BCUT2D eigenvalue weighted by Gasteiger charge is -2.41. The summed E-state index contributed by atoms with van der Waals surface area (Å²) in [5, 5.41) is 3.05. The molecule has 4 rings (SSSR count). The van der Waals surface area contributed by atoms with Gasteiger partial charge in [0.15, 0.2) is 0 Å². The van der Waals surface area contributed by atoms with Gasteiger partial charge in [-0.2, -0.15) is 0 Å². The van der Waals surface area contributed by atoms with Crippen molar-refractivity contribution in [3.8, 4) is 0 Å². The van der Waals surface area contributed by atoms with Crippen molar-refractivity contribution in [1.29, 1.82) is 0 Å². The highest BCUT2D eigenvalue weighted by Gasteiger charge is 2.38. The Bertz CT molecular complexity index is 708. The molecule has 2 atom stereocenters. The summed E-state index contributed by atoms with van der Waals surface area (Å²) in [6.07, 6.45) is 11.9. The molecule has 3 aliphatic rings. The first kappa shape index (κ1) is 20.3. The zero-order valence-corrected chi connectivity index (χ0v) is 17.5. The van der Waals surface area contributed by atoms with Crippen molar-refractivity contribution in [2.24, 2.45) is 5.92 Å². The van der Waals surface area contributed by atoms with Gasteiger partial charge in [0.1, 0.15) is 5.69 Å². The maximum atomic E-state index is 13.2. The van der Waals surface area contributed by atoms with E-state index >= 15 is 0 Å². The summed E-state index contributed by atoms with van der Waals surface area (Å²) in [6.45, 7) is 5.98. The lowest BCUT2D eigenvalue weighted by Crippen LogP contribution is -2.51. The van der Waals surface area contributed by atoms with Crippen LogP contribution in [0.1, 0.15) is 67.5 Å². The van der Waals surface area contributed by atoms with Crippen LogP contribution in [0.25, 0.3) is 0 Å². The van der Waals surface area contributed by atoms with Crippen LogP contribution in [-0.2, 0) is 4.79 Å². The Morgan fingerprint density at radius 1 is 0.931 bits per heavy atom. The molecule has 7 heteroatoms. The van der Waals surface area contributed by atoms with Crippen LogP contribution in [0.4, 0.5) is 0 Å². The number of aromatic nitrogens is 2. The molecule has 3 fully saturated rings. The average Bonchev–Trinajstić information content (AvgIpc) is 3.22. The van der Waals surface area contributed by atoms with Crippen LogP contribution in [-0.4, -0.2) is 69.8 Å². The molecule has 2 saturated heterocycles. The Hall–Kier alpha value is -2.02. The predicted octanol–water partition coefficient (Wildman–Crippen LogP) is 2.16. The van der Waals surface area contributed by atoms with E-state index in [1.807, 2.05) is 11.8 Å². The van der Waals surface area contributed by atoms with Crippen LogP contribution in [0, 0.1) is 12.8 Å². The van der Waals surface area contributed by atoms with Crippen LogP contribution in [0.2, 0.25) is 0 Å². The highest BCUT2D eigenvalue weighted by molar-refractivity contribution is 5.92. The molecule has 29 heavy (non-hydrogen) atoms. The van der Waals surface area contributed by atoms with Gasteiger partial charge in [0, 0.05) is 31.4 Å². The van der Waals surface area contributed by atoms with E-state index < -0.39 is 0 Å². The maximum Gasteiger partial charge on any atom is 0.271 e. The Morgan fingerprint density at radius 3 is 2.38 bits per heavy atom. The lowest BCUT2D eigenvalue weighted by atomic mass is 9.96. The molecule has 3 heterocycles. The number of nitrogens with zero attached hydrogens (tertiary/aromatic N) is 4. The number of aryl methyl sites for hydroxylation is 1. The van der Waals surface area contributed by atoms with Crippen LogP contribution < -0.4 is 5.32 Å². The van der Waals surface area contributed by atoms with Crippen molar-refractivity contribution in [3.63, 3.8) is 0 Å². The first-order valence-corrected chi connectivity index (χ1v) is 11.2. The van der Waals surface area contributed by atoms with Gasteiger partial charge in [-0.05, 0) is 58.5 Å². The fourth-order valence-corrected chi connectivity index (χ4v) is 5.15. The summed E-state index contributed by atoms with van der Waals surface area (Å²) in [6, 6.07) is 0.538. The summed E-state index contributed by atoms with van der Waals surface area (Å²) in [7, 11) is 0. The van der Waals surface area contributed by atoms with Gasteiger partial charge in [-0.25, -0.2) is 4.98 Å². The molecule has 0 radical (unpaired) electrons. The quantitative estimate of drug-likeness (QED) is 0.839. The van der Waals surface area contributed by atoms with Crippen LogP contribution in [0.15, 0.2) is 12.4 Å². The standard InChI is InChI=1S/C22H33N5O2/c1-16-14-24-20(15-23-16)21(28)25-19-7-5-6-18(19)22(29)27-12-8-17(9-13-27)26-10-3-2-4-11-26/h14-15,17-19H,2-13H2,1H3,(H,25,28)/t18-,19+/m0/s1. The van der Waals surface area contributed by atoms with E-state index in [9.17, 15) is 9.59 Å². The summed E-state index contributed by atoms with van der Waals surface area (Å²) < 4.78 is 0. The number of nitrogens with one attached hydrogen (secondary N) is 1. The number of likely N-dealkylation sites (tertiary alicyclic amines) is 2. The molecule has 1 saturated carbocycles. The molecule has 0 bridgehead atoms. The van der Waals surface area contributed by atoms with Crippen molar-refractivity contribution in [2.45, 2.75) is 70.4 Å². The summed E-state index contributed by atoms with van der Waals surface area (Å²) in [5.41, 5.74) is 1.10. The van der Waals surface area contributed by atoms with Crippen LogP contribution in [0.3, 0.4) is 0 Å². The zero-order chi connectivity index (χ0) is 20.2. The number of rotatable bonds is 4. The first-order chi connectivity index (χ1) is 14.1. The topological polar surface area (TPSA) is 78.4 Å².